The summed E-state index contributed by atoms with van der Waals surface area (Å²) in [5.74, 6) is 0.862. The van der Waals surface area contributed by atoms with Gasteiger partial charge in [-0.2, -0.15) is 5.26 Å². The Morgan fingerprint density at radius 1 is 1.10 bits per heavy atom. The van der Waals surface area contributed by atoms with E-state index in [2.05, 4.69) is 11.4 Å². The second-order valence-corrected chi connectivity index (χ2v) is 5.02. The lowest BCUT2D eigenvalue weighted by Gasteiger charge is -2.12. The van der Waals surface area contributed by atoms with E-state index in [-0.39, 0.29) is 6.04 Å². The van der Waals surface area contributed by atoms with E-state index in [0.717, 1.165) is 24.3 Å². The Kier molecular flexibility index (Phi) is 5.36. The Balaban J connectivity index is 1.88. The molecule has 0 radical (unpaired) electrons. The third-order valence-electron chi connectivity index (χ3n) is 3.46. The van der Waals surface area contributed by atoms with E-state index < -0.39 is 0 Å². The van der Waals surface area contributed by atoms with E-state index in [1.165, 1.54) is 11.1 Å². The number of rotatable bonds is 6. The number of ether oxygens (including phenoxy) is 1. The summed E-state index contributed by atoms with van der Waals surface area (Å²) in [5, 5.41) is 12.6. The summed E-state index contributed by atoms with van der Waals surface area (Å²) in [7, 11) is 1.66. The zero-order valence-electron chi connectivity index (χ0n) is 12.5. The summed E-state index contributed by atoms with van der Waals surface area (Å²) in [6.45, 7) is 2.81. The van der Waals surface area contributed by atoms with Crippen LogP contribution in [0.25, 0.3) is 0 Å². The summed E-state index contributed by atoms with van der Waals surface area (Å²) in [5.41, 5.74) is 3.44. The molecule has 0 fully saturated rings. The molecule has 0 amide bonds. The maximum Gasteiger partial charge on any atom is 0.121 e. The fourth-order valence-corrected chi connectivity index (χ4v) is 2.15. The lowest BCUT2D eigenvalue weighted by molar-refractivity contribution is 0.414. The van der Waals surface area contributed by atoms with Gasteiger partial charge in [-0.1, -0.05) is 42.0 Å². The van der Waals surface area contributed by atoms with Gasteiger partial charge in [0.2, 0.25) is 0 Å². The number of nitriles is 1. The fourth-order valence-electron chi connectivity index (χ4n) is 2.15. The Labute approximate surface area is 126 Å². The van der Waals surface area contributed by atoms with Gasteiger partial charge in [0.1, 0.15) is 11.8 Å². The van der Waals surface area contributed by atoms with Gasteiger partial charge < -0.3 is 4.74 Å². The van der Waals surface area contributed by atoms with Crippen LogP contribution in [-0.4, -0.2) is 13.7 Å². The highest BCUT2D eigenvalue weighted by Gasteiger charge is 2.08. The number of benzene rings is 2. The van der Waals surface area contributed by atoms with Crippen LogP contribution < -0.4 is 10.1 Å². The van der Waals surface area contributed by atoms with Crippen LogP contribution in [0.3, 0.4) is 0 Å². The molecule has 21 heavy (non-hydrogen) atoms. The zero-order valence-corrected chi connectivity index (χ0v) is 12.5. The average molecular weight is 280 g/mol. The van der Waals surface area contributed by atoms with Crippen LogP contribution in [-0.2, 0) is 6.42 Å². The van der Waals surface area contributed by atoms with Crippen molar-refractivity contribution in [2.24, 2.45) is 0 Å². The van der Waals surface area contributed by atoms with Crippen LogP contribution in [0, 0.1) is 18.3 Å². The molecule has 3 heteroatoms. The third-order valence-corrected chi connectivity index (χ3v) is 3.46. The van der Waals surface area contributed by atoms with E-state index in [0.29, 0.717) is 0 Å². The van der Waals surface area contributed by atoms with Gasteiger partial charge in [0, 0.05) is 6.54 Å². The topological polar surface area (TPSA) is 45.0 Å². The standard InChI is InChI=1S/C18H20N2O/c1-14-3-7-16(8-4-14)18(13-19)20-12-11-15-5-9-17(21-2)10-6-15/h3-10,18,20H,11-12H2,1-2H3. The minimum Gasteiger partial charge on any atom is -0.497 e. The second kappa shape index (κ2) is 7.47. The minimum atomic E-state index is -0.260. The van der Waals surface area contributed by atoms with Gasteiger partial charge >= 0.3 is 0 Å². The van der Waals surface area contributed by atoms with Crippen LogP contribution in [0.5, 0.6) is 5.75 Å². The molecule has 0 bridgehead atoms. The minimum absolute atomic E-state index is 0.260. The van der Waals surface area contributed by atoms with Crippen molar-refractivity contribution in [3.8, 4) is 11.8 Å². The lowest BCUT2D eigenvalue weighted by atomic mass is 10.1. The van der Waals surface area contributed by atoms with Crippen molar-refractivity contribution in [3.05, 3.63) is 65.2 Å². The third kappa shape index (κ3) is 4.34. The first-order chi connectivity index (χ1) is 10.2. The zero-order chi connectivity index (χ0) is 15.1. The number of nitrogens with zero attached hydrogens (tertiary/aromatic N) is 1. The van der Waals surface area contributed by atoms with Gasteiger partial charge in [0.25, 0.3) is 0 Å². The molecule has 3 nitrogen and oxygen atoms in total. The normalized spacial score (nSPS) is 11.7. The molecule has 0 spiro atoms. The van der Waals surface area contributed by atoms with Gasteiger partial charge in [-0.25, -0.2) is 0 Å². The van der Waals surface area contributed by atoms with Gasteiger partial charge in [-0.05, 0) is 36.6 Å². The van der Waals surface area contributed by atoms with Crippen LogP contribution in [0.2, 0.25) is 0 Å². The number of hydrogen-bond acceptors (Lipinski definition) is 3. The summed E-state index contributed by atoms with van der Waals surface area (Å²) in [6, 6.07) is 18.1. The number of hydrogen-bond donors (Lipinski definition) is 1. The molecular formula is C18H20N2O. The van der Waals surface area contributed by atoms with Crippen molar-refractivity contribution in [2.45, 2.75) is 19.4 Å². The number of nitrogens with one attached hydrogen (secondary N) is 1. The van der Waals surface area contributed by atoms with Gasteiger partial charge in [0.15, 0.2) is 0 Å². The number of methoxy groups -OCH3 is 1. The van der Waals surface area contributed by atoms with Crippen LogP contribution >= 0.6 is 0 Å². The predicted octanol–water partition coefficient (Wildman–Crippen LogP) is 3.40. The SMILES string of the molecule is COc1ccc(CCNC(C#N)c2ccc(C)cc2)cc1. The molecule has 0 aliphatic heterocycles. The van der Waals surface area contributed by atoms with Gasteiger partial charge in [-0.15, -0.1) is 0 Å². The van der Waals surface area contributed by atoms with Crippen molar-refractivity contribution in [1.29, 1.82) is 5.26 Å². The molecule has 0 saturated heterocycles. The monoisotopic (exact) mass is 280 g/mol. The van der Waals surface area contributed by atoms with Gasteiger partial charge in [0.05, 0.1) is 13.2 Å². The van der Waals surface area contributed by atoms with E-state index >= 15 is 0 Å². The largest absolute Gasteiger partial charge is 0.497 e. The molecule has 0 aliphatic carbocycles. The van der Waals surface area contributed by atoms with Crippen LogP contribution in [0.4, 0.5) is 0 Å². The van der Waals surface area contributed by atoms with E-state index in [4.69, 9.17) is 4.74 Å². The smallest absolute Gasteiger partial charge is 0.121 e. The number of aryl methyl sites for hydroxylation is 1. The molecule has 1 N–H and O–H groups in total. The Morgan fingerprint density at radius 3 is 2.33 bits per heavy atom. The quantitative estimate of drug-likeness (QED) is 0.882. The van der Waals surface area contributed by atoms with Crippen molar-refractivity contribution in [1.82, 2.24) is 5.32 Å². The Hall–Kier alpha value is -2.31. The predicted molar refractivity (Wildman–Crippen MR) is 84.2 cm³/mol. The Morgan fingerprint density at radius 2 is 1.76 bits per heavy atom. The first-order valence-corrected chi connectivity index (χ1v) is 7.05. The molecule has 0 aliphatic rings. The summed E-state index contributed by atoms with van der Waals surface area (Å²) >= 11 is 0. The van der Waals surface area contributed by atoms with Crippen LogP contribution in [0.1, 0.15) is 22.7 Å². The highest BCUT2D eigenvalue weighted by Crippen LogP contribution is 2.14. The molecule has 2 rings (SSSR count). The van der Waals surface area contributed by atoms with Crippen molar-refractivity contribution >= 4 is 0 Å². The Bertz CT molecular complexity index is 597. The average Bonchev–Trinajstić information content (AvgIpc) is 2.53. The maximum atomic E-state index is 9.29. The molecule has 0 saturated carbocycles. The first kappa shape index (κ1) is 15.1. The summed E-state index contributed by atoms with van der Waals surface area (Å²) in [4.78, 5) is 0. The molecule has 2 aromatic rings. The fraction of sp³-hybridized carbons (Fsp3) is 0.278. The first-order valence-electron chi connectivity index (χ1n) is 7.05. The molecule has 2 aromatic carbocycles. The highest BCUT2D eigenvalue weighted by atomic mass is 16.5. The molecule has 1 unspecified atom stereocenters. The lowest BCUT2D eigenvalue weighted by Crippen LogP contribution is -2.22. The van der Waals surface area contributed by atoms with E-state index in [1.54, 1.807) is 7.11 Å². The molecule has 0 heterocycles. The van der Waals surface area contributed by atoms with Gasteiger partial charge in [-0.3, -0.25) is 5.32 Å². The van der Waals surface area contributed by atoms with Crippen molar-refractivity contribution in [3.63, 3.8) is 0 Å². The highest BCUT2D eigenvalue weighted by molar-refractivity contribution is 5.29. The molecular weight excluding hydrogens is 260 g/mol. The van der Waals surface area contributed by atoms with Crippen molar-refractivity contribution < 1.29 is 4.74 Å². The summed E-state index contributed by atoms with van der Waals surface area (Å²) in [6.07, 6.45) is 0.883. The molecule has 0 aromatic heterocycles. The second-order valence-electron chi connectivity index (χ2n) is 5.02. The molecule has 1 atom stereocenters. The summed E-state index contributed by atoms with van der Waals surface area (Å²) < 4.78 is 5.14. The van der Waals surface area contributed by atoms with E-state index in [9.17, 15) is 5.26 Å². The molecule has 108 valence electrons. The van der Waals surface area contributed by atoms with Crippen molar-refractivity contribution in [2.75, 3.05) is 13.7 Å². The van der Waals surface area contributed by atoms with E-state index in [1.807, 2.05) is 55.5 Å². The maximum absolute atomic E-state index is 9.29. The van der Waals surface area contributed by atoms with Crippen LogP contribution in [0.15, 0.2) is 48.5 Å².